The number of ether oxygens (including phenoxy) is 1. The summed E-state index contributed by atoms with van der Waals surface area (Å²) in [6.45, 7) is 3.56. The second-order valence-corrected chi connectivity index (χ2v) is 7.13. The van der Waals surface area contributed by atoms with Crippen molar-refractivity contribution in [2.24, 2.45) is 5.92 Å². The number of nitro benzene ring substituents is 2. The predicted octanol–water partition coefficient (Wildman–Crippen LogP) is 4.10. The Labute approximate surface area is 167 Å². The van der Waals surface area contributed by atoms with Crippen LogP contribution in [0.25, 0.3) is 0 Å². The number of rotatable bonds is 6. The highest BCUT2D eigenvalue weighted by Crippen LogP contribution is 2.32. The third kappa shape index (κ3) is 4.87. The van der Waals surface area contributed by atoms with Crippen molar-refractivity contribution in [3.8, 4) is 0 Å². The molecular formula is C20H21N3O6. The third-order valence-electron chi connectivity index (χ3n) is 5.05. The van der Waals surface area contributed by atoms with Crippen LogP contribution in [-0.4, -0.2) is 28.9 Å². The molecule has 1 fully saturated rings. The minimum Gasteiger partial charge on any atom is -0.457 e. The number of esters is 1. The Hall–Kier alpha value is -3.49. The summed E-state index contributed by atoms with van der Waals surface area (Å²) in [4.78, 5) is 35.5. The SMILES string of the molecule is CC1CCN(c2ccc(C(=O)OCc3ccc([N+](=O)[O-])cc3)cc2[N+](=O)[O-])CC1. The van der Waals surface area contributed by atoms with Gasteiger partial charge in [-0.15, -0.1) is 0 Å². The molecule has 0 saturated carbocycles. The molecule has 0 aromatic heterocycles. The molecule has 3 rings (SSSR count). The van der Waals surface area contributed by atoms with Crippen LogP contribution in [0.5, 0.6) is 0 Å². The quantitative estimate of drug-likeness (QED) is 0.408. The van der Waals surface area contributed by atoms with Crippen LogP contribution in [0.4, 0.5) is 17.1 Å². The first kappa shape index (κ1) is 20.2. The zero-order valence-corrected chi connectivity index (χ0v) is 15.9. The zero-order chi connectivity index (χ0) is 21.0. The first-order chi connectivity index (χ1) is 13.8. The molecular weight excluding hydrogens is 378 g/mol. The summed E-state index contributed by atoms with van der Waals surface area (Å²) in [5.41, 5.74) is 1.00. The first-order valence-corrected chi connectivity index (χ1v) is 9.29. The fourth-order valence-corrected chi connectivity index (χ4v) is 3.26. The molecule has 29 heavy (non-hydrogen) atoms. The number of hydrogen-bond donors (Lipinski definition) is 0. The van der Waals surface area contributed by atoms with Gasteiger partial charge in [-0.05, 0) is 48.6 Å². The van der Waals surface area contributed by atoms with Crippen molar-refractivity contribution < 1.29 is 19.4 Å². The van der Waals surface area contributed by atoms with Crippen LogP contribution in [0.3, 0.4) is 0 Å². The number of nitrogens with zero attached hydrogens (tertiary/aromatic N) is 3. The predicted molar refractivity (Wildman–Crippen MR) is 106 cm³/mol. The van der Waals surface area contributed by atoms with Crippen LogP contribution in [0.1, 0.15) is 35.7 Å². The second-order valence-electron chi connectivity index (χ2n) is 7.13. The molecule has 152 valence electrons. The number of carbonyl (C=O) groups excluding carboxylic acids is 1. The molecule has 0 radical (unpaired) electrons. The standard InChI is InChI=1S/C20H21N3O6/c1-14-8-10-21(11-9-14)18-7-4-16(12-19(18)23(27)28)20(24)29-13-15-2-5-17(6-3-15)22(25)26/h2-7,12,14H,8-11,13H2,1H3. The van der Waals surface area contributed by atoms with Crippen molar-refractivity contribution in [3.05, 3.63) is 73.8 Å². The van der Waals surface area contributed by atoms with Crippen molar-refractivity contribution in [1.82, 2.24) is 0 Å². The van der Waals surface area contributed by atoms with E-state index in [2.05, 4.69) is 6.92 Å². The van der Waals surface area contributed by atoms with E-state index in [0.29, 0.717) is 17.2 Å². The average Bonchev–Trinajstić information content (AvgIpc) is 2.72. The molecule has 0 atom stereocenters. The molecule has 1 saturated heterocycles. The van der Waals surface area contributed by atoms with Crippen molar-refractivity contribution >= 4 is 23.0 Å². The third-order valence-corrected chi connectivity index (χ3v) is 5.05. The van der Waals surface area contributed by atoms with E-state index < -0.39 is 15.8 Å². The molecule has 0 aliphatic carbocycles. The van der Waals surface area contributed by atoms with E-state index in [1.165, 1.54) is 36.4 Å². The Kier molecular flexibility index (Phi) is 6.06. The minimum atomic E-state index is -0.690. The Balaban J connectivity index is 1.71. The van der Waals surface area contributed by atoms with Gasteiger partial charge in [0.2, 0.25) is 0 Å². The molecule has 1 heterocycles. The van der Waals surface area contributed by atoms with Gasteiger partial charge in [-0.2, -0.15) is 0 Å². The Bertz CT molecular complexity index is 920. The van der Waals surface area contributed by atoms with E-state index in [0.717, 1.165) is 25.9 Å². The van der Waals surface area contributed by atoms with Gasteiger partial charge in [0.1, 0.15) is 12.3 Å². The zero-order valence-electron chi connectivity index (χ0n) is 15.9. The average molecular weight is 399 g/mol. The molecule has 9 heteroatoms. The van der Waals surface area contributed by atoms with Crippen LogP contribution in [0.2, 0.25) is 0 Å². The topological polar surface area (TPSA) is 116 Å². The summed E-state index contributed by atoms with van der Waals surface area (Å²) in [7, 11) is 0. The summed E-state index contributed by atoms with van der Waals surface area (Å²) in [5.74, 6) is -0.0933. The molecule has 2 aromatic rings. The van der Waals surface area contributed by atoms with Gasteiger partial charge in [0.05, 0.1) is 15.4 Å². The summed E-state index contributed by atoms with van der Waals surface area (Å²) in [6.07, 6.45) is 1.94. The summed E-state index contributed by atoms with van der Waals surface area (Å²) in [5, 5.41) is 22.2. The second kappa shape index (κ2) is 8.68. The number of non-ortho nitro benzene ring substituents is 1. The summed E-state index contributed by atoms with van der Waals surface area (Å²) < 4.78 is 5.20. The molecule has 0 amide bonds. The van der Waals surface area contributed by atoms with Crippen LogP contribution in [0, 0.1) is 26.1 Å². The fraction of sp³-hybridized carbons (Fsp3) is 0.350. The lowest BCUT2D eigenvalue weighted by Crippen LogP contribution is -2.33. The highest BCUT2D eigenvalue weighted by atomic mass is 16.6. The number of anilines is 1. The van der Waals surface area contributed by atoms with Crippen LogP contribution < -0.4 is 4.90 Å². The molecule has 2 aromatic carbocycles. The van der Waals surface area contributed by atoms with Crippen molar-refractivity contribution in [1.29, 1.82) is 0 Å². The van der Waals surface area contributed by atoms with Gasteiger partial charge in [0, 0.05) is 31.3 Å². The van der Waals surface area contributed by atoms with Gasteiger partial charge in [-0.3, -0.25) is 20.2 Å². The van der Waals surface area contributed by atoms with E-state index >= 15 is 0 Å². The van der Waals surface area contributed by atoms with E-state index in [4.69, 9.17) is 4.74 Å². The number of benzene rings is 2. The van der Waals surface area contributed by atoms with Crippen molar-refractivity contribution in [2.75, 3.05) is 18.0 Å². The van der Waals surface area contributed by atoms with Crippen molar-refractivity contribution in [2.45, 2.75) is 26.4 Å². The van der Waals surface area contributed by atoms with Gasteiger partial charge < -0.3 is 9.64 Å². The molecule has 1 aliphatic rings. The van der Waals surface area contributed by atoms with Gasteiger partial charge in [-0.1, -0.05) is 6.92 Å². The molecule has 9 nitrogen and oxygen atoms in total. The van der Waals surface area contributed by atoms with Gasteiger partial charge in [-0.25, -0.2) is 4.79 Å². The fourth-order valence-electron chi connectivity index (χ4n) is 3.26. The highest BCUT2D eigenvalue weighted by molar-refractivity contribution is 5.91. The van der Waals surface area contributed by atoms with Crippen molar-refractivity contribution in [3.63, 3.8) is 0 Å². The Morgan fingerprint density at radius 1 is 1.07 bits per heavy atom. The Morgan fingerprint density at radius 2 is 1.72 bits per heavy atom. The van der Waals surface area contributed by atoms with Gasteiger partial charge in [0.25, 0.3) is 11.4 Å². The first-order valence-electron chi connectivity index (χ1n) is 9.29. The maximum Gasteiger partial charge on any atom is 0.338 e. The largest absolute Gasteiger partial charge is 0.457 e. The lowest BCUT2D eigenvalue weighted by atomic mass is 9.98. The number of nitro groups is 2. The lowest BCUT2D eigenvalue weighted by Gasteiger charge is -2.31. The van der Waals surface area contributed by atoms with E-state index in [-0.39, 0.29) is 23.5 Å². The minimum absolute atomic E-state index is 0.0570. The maximum atomic E-state index is 12.3. The van der Waals surface area contributed by atoms with Crippen LogP contribution in [0.15, 0.2) is 42.5 Å². The van der Waals surface area contributed by atoms with Crippen LogP contribution >= 0.6 is 0 Å². The molecule has 0 unspecified atom stereocenters. The highest BCUT2D eigenvalue weighted by Gasteiger charge is 2.25. The van der Waals surface area contributed by atoms with E-state index in [1.54, 1.807) is 6.07 Å². The molecule has 0 bridgehead atoms. The smallest absolute Gasteiger partial charge is 0.338 e. The Morgan fingerprint density at radius 3 is 2.31 bits per heavy atom. The monoisotopic (exact) mass is 399 g/mol. The summed E-state index contributed by atoms with van der Waals surface area (Å²) in [6, 6.07) is 9.99. The van der Waals surface area contributed by atoms with E-state index in [9.17, 15) is 25.0 Å². The van der Waals surface area contributed by atoms with Crippen LogP contribution in [-0.2, 0) is 11.3 Å². The normalized spacial score (nSPS) is 14.4. The summed E-state index contributed by atoms with van der Waals surface area (Å²) >= 11 is 0. The number of piperidine rings is 1. The van der Waals surface area contributed by atoms with E-state index in [1.807, 2.05) is 4.90 Å². The van der Waals surface area contributed by atoms with Gasteiger partial charge >= 0.3 is 5.97 Å². The molecule has 1 aliphatic heterocycles. The maximum absolute atomic E-state index is 12.3. The lowest BCUT2D eigenvalue weighted by molar-refractivity contribution is -0.384. The number of hydrogen-bond acceptors (Lipinski definition) is 7. The molecule has 0 N–H and O–H groups in total. The molecule has 0 spiro atoms. The number of carbonyl (C=O) groups is 1. The van der Waals surface area contributed by atoms with Gasteiger partial charge in [0.15, 0.2) is 0 Å².